The van der Waals surface area contributed by atoms with Crippen LogP contribution in [-0.4, -0.2) is 41.8 Å². The smallest absolute Gasteiger partial charge is 0.328 e. The first kappa shape index (κ1) is 24.1. The van der Waals surface area contributed by atoms with Crippen LogP contribution in [0.15, 0.2) is 30.3 Å². The van der Waals surface area contributed by atoms with Gasteiger partial charge in [0.15, 0.2) is 0 Å². The molecule has 0 heterocycles. The van der Waals surface area contributed by atoms with Crippen molar-refractivity contribution in [3.05, 3.63) is 35.9 Å². The molecule has 0 radical (unpaired) electrons. The molecule has 29 heavy (non-hydrogen) atoms. The Morgan fingerprint density at radius 1 is 0.862 bits per heavy atom. The van der Waals surface area contributed by atoms with Crippen LogP contribution in [0.1, 0.15) is 46.6 Å². The van der Waals surface area contributed by atoms with E-state index in [1.807, 2.05) is 44.2 Å². The van der Waals surface area contributed by atoms with Crippen LogP contribution < -0.4 is 16.0 Å². The van der Waals surface area contributed by atoms with Crippen molar-refractivity contribution in [2.45, 2.75) is 65.8 Å². The number of carbonyl (C=O) groups excluding carboxylic acids is 4. The minimum atomic E-state index is -0.879. The van der Waals surface area contributed by atoms with Gasteiger partial charge in [0.05, 0.1) is 0 Å². The summed E-state index contributed by atoms with van der Waals surface area (Å²) in [5, 5.41) is 7.62. The highest BCUT2D eigenvalue weighted by Crippen LogP contribution is 2.09. The third kappa shape index (κ3) is 9.23. The number of nitrogens with one attached hydrogen (secondary N) is 3. The maximum absolute atomic E-state index is 12.5. The fraction of sp³-hybridized carbons (Fsp3) is 0.524. The summed E-state index contributed by atoms with van der Waals surface area (Å²) in [5.74, 6) is -1.72. The lowest BCUT2D eigenvalue weighted by Crippen LogP contribution is -2.54. The summed E-state index contributed by atoms with van der Waals surface area (Å²) < 4.78 is 5.35. The first-order valence-corrected chi connectivity index (χ1v) is 9.68. The second-order valence-electron chi connectivity index (χ2n) is 7.44. The molecular formula is C21H31N3O5. The van der Waals surface area contributed by atoms with Crippen LogP contribution in [0.5, 0.6) is 0 Å². The van der Waals surface area contributed by atoms with E-state index in [0.29, 0.717) is 6.42 Å². The molecule has 3 atom stereocenters. The molecule has 8 nitrogen and oxygen atoms in total. The van der Waals surface area contributed by atoms with Gasteiger partial charge in [0.2, 0.25) is 17.7 Å². The van der Waals surface area contributed by atoms with E-state index in [4.69, 9.17) is 4.74 Å². The van der Waals surface area contributed by atoms with Crippen molar-refractivity contribution in [1.29, 1.82) is 0 Å². The number of rotatable bonds is 10. The van der Waals surface area contributed by atoms with Crippen LogP contribution in [0.4, 0.5) is 0 Å². The fourth-order valence-corrected chi connectivity index (χ4v) is 2.59. The number of carbonyl (C=O) groups is 4. The van der Waals surface area contributed by atoms with Gasteiger partial charge in [-0.1, -0.05) is 44.2 Å². The lowest BCUT2D eigenvalue weighted by Gasteiger charge is -2.23. The van der Waals surface area contributed by atoms with Gasteiger partial charge in [0.25, 0.3) is 0 Å². The summed E-state index contributed by atoms with van der Waals surface area (Å²) in [5.41, 5.74) is 0.850. The van der Waals surface area contributed by atoms with E-state index in [2.05, 4.69) is 16.0 Å². The Bertz CT molecular complexity index is 706. The molecular weight excluding hydrogens is 374 g/mol. The van der Waals surface area contributed by atoms with E-state index in [0.717, 1.165) is 5.56 Å². The average Bonchev–Trinajstić information content (AvgIpc) is 2.65. The Hall–Kier alpha value is -2.90. The van der Waals surface area contributed by atoms with Crippen LogP contribution >= 0.6 is 0 Å². The number of ether oxygens (including phenoxy) is 1. The summed E-state index contributed by atoms with van der Waals surface area (Å²) in [6.45, 7) is 8.31. The number of amides is 3. The largest absolute Gasteiger partial charge is 0.459 e. The predicted octanol–water partition coefficient (Wildman–Crippen LogP) is 1.29. The summed E-state index contributed by atoms with van der Waals surface area (Å²) >= 11 is 0. The molecule has 3 unspecified atom stereocenters. The lowest BCUT2D eigenvalue weighted by atomic mass is 10.0. The Morgan fingerprint density at radius 3 is 1.97 bits per heavy atom. The van der Waals surface area contributed by atoms with Gasteiger partial charge in [-0.15, -0.1) is 0 Å². The molecule has 0 bridgehead atoms. The molecule has 0 spiro atoms. The number of hydrogen-bond acceptors (Lipinski definition) is 5. The molecule has 0 saturated heterocycles. The monoisotopic (exact) mass is 405 g/mol. The minimum Gasteiger partial charge on any atom is -0.459 e. The Labute approximate surface area is 171 Å². The Kier molecular flexibility index (Phi) is 9.85. The van der Waals surface area contributed by atoms with Crippen molar-refractivity contribution < 1.29 is 23.9 Å². The van der Waals surface area contributed by atoms with Gasteiger partial charge in [0.1, 0.15) is 24.7 Å². The van der Waals surface area contributed by atoms with Crippen molar-refractivity contribution >= 4 is 23.7 Å². The van der Waals surface area contributed by atoms with Crippen molar-refractivity contribution in [3.8, 4) is 0 Å². The van der Waals surface area contributed by atoms with E-state index in [1.165, 1.54) is 20.8 Å². The molecule has 3 N–H and O–H groups in total. The van der Waals surface area contributed by atoms with Crippen molar-refractivity contribution in [3.63, 3.8) is 0 Å². The van der Waals surface area contributed by atoms with Gasteiger partial charge >= 0.3 is 5.97 Å². The number of hydrogen-bond donors (Lipinski definition) is 3. The molecule has 1 aromatic rings. The van der Waals surface area contributed by atoms with Crippen LogP contribution in [0.2, 0.25) is 0 Å². The predicted molar refractivity (Wildman–Crippen MR) is 109 cm³/mol. The zero-order valence-corrected chi connectivity index (χ0v) is 17.7. The molecule has 3 amide bonds. The topological polar surface area (TPSA) is 114 Å². The zero-order valence-electron chi connectivity index (χ0n) is 17.7. The van der Waals surface area contributed by atoms with Gasteiger partial charge in [0, 0.05) is 6.92 Å². The molecule has 1 aromatic carbocycles. The summed E-state index contributed by atoms with van der Waals surface area (Å²) in [6.07, 6.45) is 0.405. The lowest BCUT2D eigenvalue weighted by molar-refractivity contribution is -0.149. The fourth-order valence-electron chi connectivity index (χ4n) is 2.59. The molecule has 8 heteroatoms. The first-order chi connectivity index (χ1) is 13.6. The van der Waals surface area contributed by atoms with Crippen molar-refractivity contribution in [1.82, 2.24) is 16.0 Å². The maximum atomic E-state index is 12.5. The summed E-state index contributed by atoms with van der Waals surface area (Å²) in [6, 6.07) is 6.79. The highest BCUT2D eigenvalue weighted by atomic mass is 16.5. The van der Waals surface area contributed by atoms with Crippen LogP contribution in [-0.2, 0) is 30.5 Å². The molecule has 1 rings (SSSR count). The first-order valence-electron chi connectivity index (χ1n) is 9.68. The second kappa shape index (κ2) is 11.8. The second-order valence-corrected chi connectivity index (χ2v) is 7.44. The molecule has 0 aliphatic rings. The number of benzene rings is 1. The Morgan fingerprint density at radius 2 is 1.41 bits per heavy atom. The third-order valence-electron chi connectivity index (χ3n) is 4.10. The molecule has 160 valence electrons. The van der Waals surface area contributed by atoms with Gasteiger partial charge in [-0.3, -0.25) is 14.4 Å². The van der Waals surface area contributed by atoms with Crippen molar-refractivity contribution in [2.24, 2.45) is 5.92 Å². The highest BCUT2D eigenvalue weighted by Gasteiger charge is 2.27. The number of esters is 1. The van der Waals surface area contributed by atoms with Crippen LogP contribution in [0.3, 0.4) is 0 Å². The summed E-state index contributed by atoms with van der Waals surface area (Å²) in [4.78, 5) is 48.1. The maximum Gasteiger partial charge on any atom is 0.328 e. The highest BCUT2D eigenvalue weighted by molar-refractivity contribution is 5.92. The zero-order chi connectivity index (χ0) is 22.0. The van der Waals surface area contributed by atoms with Gasteiger partial charge < -0.3 is 20.7 Å². The van der Waals surface area contributed by atoms with E-state index >= 15 is 0 Å². The quantitative estimate of drug-likeness (QED) is 0.508. The molecule has 0 aromatic heterocycles. The normalized spacial score (nSPS) is 13.7. The molecule has 0 saturated carbocycles. The standard InChI is InChI=1S/C21H31N3O5/c1-13(2)11-18(21(28)29-12-17-9-7-6-8-10-17)24-20(27)15(4)23-19(26)14(3)22-16(5)25/h6-10,13-15,18H,11-12H2,1-5H3,(H,22,25)(H,23,26)(H,24,27). The molecule has 0 fully saturated rings. The van der Waals surface area contributed by atoms with Crippen LogP contribution in [0.25, 0.3) is 0 Å². The minimum absolute atomic E-state index is 0.116. The van der Waals surface area contributed by atoms with E-state index in [-0.39, 0.29) is 18.4 Å². The van der Waals surface area contributed by atoms with Gasteiger partial charge in [-0.25, -0.2) is 4.79 Å². The van der Waals surface area contributed by atoms with Gasteiger partial charge in [-0.05, 0) is 31.7 Å². The van der Waals surface area contributed by atoms with Gasteiger partial charge in [-0.2, -0.15) is 0 Å². The molecule has 0 aliphatic heterocycles. The SMILES string of the molecule is CC(=O)NC(C)C(=O)NC(C)C(=O)NC(CC(C)C)C(=O)OCc1ccccc1. The van der Waals surface area contributed by atoms with E-state index < -0.39 is 35.9 Å². The molecule has 0 aliphatic carbocycles. The summed E-state index contributed by atoms with van der Waals surface area (Å²) in [7, 11) is 0. The van der Waals surface area contributed by atoms with Crippen LogP contribution in [0, 0.1) is 5.92 Å². The van der Waals surface area contributed by atoms with Crippen molar-refractivity contribution in [2.75, 3.05) is 0 Å². The van der Waals surface area contributed by atoms with E-state index in [9.17, 15) is 19.2 Å². The van der Waals surface area contributed by atoms with E-state index in [1.54, 1.807) is 0 Å². The third-order valence-corrected chi connectivity index (χ3v) is 4.10. The Balaban J connectivity index is 2.65. The average molecular weight is 405 g/mol.